The molecule has 1 N–H and O–H groups in total. The number of aryl methyl sites for hydroxylation is 2. The van der Waals surface area contributed by atoms with Crippen molar-refractivity contribution in [2.75, 3.05) is 25.4 Å². The van der Waals surface area contributed by atoms with Crippen molar-refractivity contribution in [2.45, 2.75) is 50.8 Å². The fourth-order valence-electron chi connectivity index (χ4n) is 2.83. The fraction of sp³-hybridized carbons (Fsp3) is 0.579. The Bertz CT molecular complexity index is 574. The van der Waals surface area contributed by atoms with Gasteiger partial charge in [0.05, 0.1) is 5.75 Å². The lowest BCUT2D eigenvalue weighted by Gasteiger charge is -2.20. The standard InChI is InChI=1S/C19H28N2O2S/c1-15-8-9-16(2)17(13-15)24-14-18(22)20-10-6-12-21-11-5-3-4-7-19(21)23/h8-9,13H,3-7,10-12,14H2,1-2H3,(H,20,22). The van der Waals surface area contributed by atoms with Gasteiger partial charge in [0.25, 0.3) is 0 Å². The summed E-state index contributed by atoms with van der Waals surface area (Å²) >= 11 is 1.58. The zero-order chi connectivity index (χ0) is 17.4. The molecule has 0 bridgehead atoms. The molecule has 1 fully saturated rings. The minimum absolute atomic E-state index is 0.0584. The highest BCUT2D eigenvalue weighted by molar-refractivity contribution is 8.00. The van der Waals surface area contributed by atoms with Crippen molar-refractivity contribution in [3.05, 3.63) is 29.3 Å². The van der Waals surface area contributed by atoms with Crippen LogP contribution in [0.3, 0.4) is 0 Å². The first-order valence-corrected chi connectivity index (χ1v) is 9.79. The molecule has 2 amide bonds. The molecule has 0 radical (unpaired) electrons. The van der Waals surface area contributed by atoms with E-state index >= 15 is 0 Å². The van der Waals surface area contributed by atoms with Crippen LogP contribution in [0.5, 0.6) is 0 Å². The number of carbonyl (C=O) groups is 2. The highest BCUT2D eigenvalue weighted by Gasteiger charge is 2.15. The number of amides is 2. The minimum Gasteiger partial charge on any atom is -0.355 e. The van der Waals surface area contributed by atoms with E-state index in [-0.39, 0.29) is 11.8 Å². The molecule has 0 atom stereocenters. The molecule has 1 aliphatic heterocycles. The van der Waals surface area contributed by atoms with E-state index in [1.165, 1.54) is 16.0 Å². The van der Waals surface area contributed by atoms with Gasteiger partial charge >= 0.3 is 0 Å². The number of carbonyl (C=O) groups excluding carboxylic acids is 2. The number of nitrogens with zero attached hydrogens (tertiary/aromatic N) is 1. The van der Waals surface area contributed by atoms with E-state index in [0.29, 0.717) is 18.7 Å². The Morgan fingerprint density at radius 2 is 2.08 bits per heavy atom. The second-order valence-electron chi connectivity index (χ2n) is 6.45. The number of nitrogens with one attached hydrogen (secondary N) is 1. The van der Waals surface area contributed by atoms with E-state index in [0.717, 1.165) is 38.8 Å². The Morgan fingerprint density at radius 3 is 2.92 bits per heavy atom. The first-order valence-electron chi connectivity index (χ1n) is 8.81. The van der Waals surface area contributed by atoms with E-state index in [4.69, 9.17) is 0 Å². The van der Waals surface area contributed by atoms with Gasteiger partial charge in [-0.25, -0.2) is 0 Å². The van der Waals surface area contributed by atoms with Gasteiger partial charge in [-0.3, -0.25) is 9.59 Å². The normalized spacial score (nSPS) is 15.2. The summed E-state index contributed by atoms with van der Waals surface area (Å²) < 4.78 is 0. The largest absolute Gasteiger partial charge is 0.355 e. The third-order valence-corrected chi connectivity index (χ3v) is 5.46. The van der Waals surface area contributed by atoms with Crippen molar-refractivity contribution in [3.8, 4) is 0 Å². The lowest BCUT2D eigenvalue weighted by atomic mass is 10.2. The summed E-state index contributed by atoms with van der Waals surface area (Å²) in [6.07, 6.45) is 4.77. The third-order valence-electron chi connectivity index (χ3n) is 4.30. The molecule has 1 aliphatic rings. The van der Waals surface area contributed by atoms with E-state index in [1.807, 2.05) is 4.90 Å². The van der Waals surface area contributed by atoms with Crippen LogP contribution in [0.25, 0.3) is 0 Å². The Labute approximate surface area is 149 Å². The summed E-state index contributed by atoms with van der Waals surface area (Å²) in [7, 11) is 0. The van der Waals surface area contributed by atoms with Crippen LogP contribution in [-0.2, 0) is 9.59 Å². The quantitative estimate of drug-likeness (QED) is 0.607. The molecule has 1 aromatic rings. The Hall–Kier alpha value is -1.49. The number of hydrogen-bond acceptors (Lipinski definition) is 3. The number of hydrogen-bond donors (Lipinski definition) is 1. The van der Waals surface area contributed by atoms with Gasteiger partial charge in [-0.2, -0.15) is 0 Å². The lowest BCUT2D eigenvalue weighted by Crippen LogP contribution is -2.34. The van der Waals surface area contributed by atoms with Gasteiger partial charge in [-0.05, 0) is 44.7 Å². The molecule has 1 saturated heterocycles. The van der Waals surface area contributed by atoms with Gasteiger partial charge in [0.1, 0.15) is 0 Å². The van der Waals surface area contributed by atoms with Crippen LogP contribution in [0, 0.1) is 13.8 Å². The minimum atomic E-state index is 0.0584. The maximum atomic E-state index is 12.0. The number of rotatable bonds is 7. The van der Waals surface area contributed by atoms with Gasteiger partial charge in [0.2, 0.25) is 11.8 Å². The van der Waals surface area contributed by atoms with Crippen molar-refractivity contribution in [1.82, 2.24) is 10.2 Å². The zero-order valence-electron chi connectivity index (χ0n) is 14.8. The molecule has 0 unspecified atom stereocenters. The zero-order valence-corrected chi connectivity index (χ0v) is 15.6. The maximum absolute atomic E-state index is 12.0. The average Bonchev–Trinajstić information content (AvgIpc) is 2.77. The van der Waals surface area contributed by atoms with Gasteiger partial charge in [0, 0.05) is 31.0 Å². The van der Waals surface area contributed by atoms with Crippen LogP contribution >= 0.6 is 11.8 Å². The molecule has 0 spiro atoms. The van der Waals surface area contributed by atoms with Gasteiger partial charge < -0.3 is 10.2 Å². The smallest absolute Gasteiger partial charge is 0.230 e. The molecular weight excluding hydrogens is 320 g/mol. The summed E-state index contributed by atoms with van der Waals surface area (Å²) in [4.78, 5) is 27.0. The molecule has 4 nitrogen and oxygen atoms in total. The summed E-state index contributed by atoms with van der Waals surface area (Å²) in [5.41, 5.74) is 2.42. The van der Waals surface area contributed by atoms with E-state index < -0.39 is 0 Å². The molecule has 1 heterocycles. The molecule has 2 rings (SSSR count). The molecule has 0 aromatic heterocycles. The summed E-state index contributed by atoms with van der Waals surface area (Å²) in [6, 6.07) is 6.30. The van der Waals surface area contributed by atoms with Crippen LogP contribution in [-0.4, -0.2) is 42.1 Å². The number of likely N-dealkylation sites (tertiary alicyclic amines) is 1. The molecule has 24 heavy (non-hydrogen) atoms. The molecule has 0 aliphatic carbocycles. The van der Waals surface area contributed by atoms with Crippen molar-refractivity contribution in [1.29, 1.82) is 0 Å². The summed E-state index contributed by atoms with van der Waals surface area (Å²) in [6.45, 7) is 6.39. The monoisotopic (exact) mass is 348 g/mol. The van der Waals surface area contributed by atoms with Crippen LogP contribution in [0.4, 0.5) is 0 Å². The van der Waals surface area contributed by atoms with Crippen LogP contribution < -0.4 is 5.32 Å². The van der Waals surface area contributed by atoms with Crippen LogP contribution in [0.15, 0.2) is 23.1 Å². The highest BCUT2D eigenvalue weighted by atomic mass is 32.2. The van der Waals surface area contributed by atoms with E-state index in [9.17, 15) is 9.59 Å². The van der Waals surface area contributed by atoms with E-state index in [2.05, 4.69) is 37.4 Å². The average molecular weight is 349 g/mol. The lowest BCUT2D eigenvalue weighted by molar-refractivity contribution is -0.130. The van der Waals surface area contributed by atoms with Crippen molar-refractivity contribution >= 4 is 23.6 Å². The van der Waals surface area contributed by atoms with Gasteiger partial charge in [-0.1, -0.05) is 24.1 Å². The third kappa shape index (κ3) is 6.19. The summed E-state index contributed by atoms with van der Waals surface area (Å²) in [5.74, 6) is 0.764. The van der Waals surface area contributed by atoms with E-state index in [1.54, 1.807) is 11.8 Å². The van der Waals surface area contributed by atoms with Crippen LogP contribution in [0.2, 0.25) is 0 Å². The second kappa shape index (κ2) is 9.72. The molecule has 1 aromatic carbocycles. The Morgan fingerprint density at radius 1 is 1.25 bits per heavy atom. The molecule has 0 saturated carbocycles. The molecule has 5 heteroatoms. The van der Waals surface area contributed by atoms with Crippen molar-refractivity contribution in [2.24, 2.45) is 0 Å². The Balaban J connectivity index is 1.64. The highest BCUT2D eigenvalue weighted by Crippen LogP contribution is 2.23. The first-order chi connectivity index (χ1) is 11.6. The van der Waals surface area contributed by atoms with Gasteiger partial charge in [0.15, 0.2) is 0 Å². The second-order valence-corrected chi connectivity index (χ2v) is 7.47. The molecule has 132 valence electrons. The molecular formula is C19H28N2O2S. The topological polar surface area (TPSA) is 49.4 Å². The maximum Gasteiger partial charge on any atom is 0.230 e. The summed E-state index contributed by atoms with van der Waals surface area (Å²) in [5, 5.41) is 2.96. The number of benzene rings is 1. The van der Waals surface area contributed by atoms with Gasteiger partial charge in [-0.15, -0.1) is 11.8 Å². The first kappa shape index (κ1) is 18.8. The Kier molecular flexibility index (Phi) is 7.63. The predicted molar refractivity (Wildman–Crippen MR) is 99.3 cm³/mol. The fourth-order valence-corrected chi connectivity index (χ4v) is 3.78. The van der Waals surface area contributed by atoms with Crippen LogP contribution in [0.1, 0.15) is 43.2 Å². The predicted octanol–water partition coefficient (Wildman–Crippen LogP) is 3.30. The van der Waals surface area contributed by atoms with Crippen molar-refractivity contribution in [3.63, 3.8) is 0 Å². The number of thioether (sulfide) groups is 1. The van der Waals surface area contributed by atoms with Crippen molar-refractivity contribution < 1.29 is 9.59 Å². The SMILES string of the molecule is Cc1ccc(C)c(SCC(=O)NCCCN2CCCCCC2=O)c1.